The summed E-state index contributed by atoms with van der Waals surface area (Å²) in [4.78, 5) is 24.5. The van der Waals surface area contributed by atoms with Crippen molar-refractivity contribution in [1.82, 2.24) is 19.6 Å². The van der Waals surface area contributed by atoms with Crippen LogP contribution in [0.15, 0.2) is 30.5 Å². The topological polar surface area (TPSA) is 100 Å². The summed E-state index contributed by atoms with van der Waals surface area (Å²) >= 11 is 12.1. The number of amides is 1. The highest BCUT2D eigenvalue weighted by Crippen LogP contribution is 2.32. The summed E-state index contributed by atoms with van der Waals surface area (Å²) in [6.45, 7) is 1.66. The molecule has 0 aliphatic heterocycles. The maximum atomic E-state index is 12.6. The van der Waals surface area contributed by atoms with Crippen molar-refractivity contribution in [1.29, 1.82) is 0 Å². The quantitative estimate of drug-likeness (QED) is 0.593. The van der Waals surface area contributed by atoms with Gasteiger partial charge in [0.25, 0.3) is 5.91 Å². The third kappa shape index (κ3) is 4.36. The van der Waals surface area contributed by atoms with E-state index in [1.807, 2.05) is 0 Å². The number of hydrogen-bond donors (Lipinski definition) is 1. The molecule has 0 aliphatic rings. The lowest BCUT2D eigenvalue weighted by molar-refractivity contribution is 0.0589. The van der Waals surface area contributed by atoms with Gasteiger partial charge in [-0.3, -0.25) is 9.48 Å². The number of methoxy groups -OCH3 is 1. The van der Waals surface area contributed by atoms with E-state index in [9.17, 15) is 9.59 Å². The number of benzene rings is 1. The number of carbonyl (C=O) groups excluding carboxylic acids is 2. The zero-order valence-corrected chi connectivity index (χ0v) is 17.3. The van der Waals surface area contributed by atoms with Crippen LogP contribution >= 0.6 is 23.2 Å². The van der Waals surface area contributed by atoms with Crippen LogP contribution in [0.4, 0.5) is 5.69 Å². The highest BCUT2D eigenvalue weighted by Gasteiger charge is 2.23. The third-order valence-electron chi connectivity index (χ3n) is 3.97. The van der Waals surface area contributed by atoms with E-state index in [1.165, 1.54) is 22.5 Å². The standard InChI is InChI=1S/C18H17Cl2N5O4/c1-10-14(15(18(27)28-3)24(2)22-10)21-17(26)13-7-8-25(23-13)9-29-16-11(19)5-4-6-12(16)20/h4-8H,9H2,1-3H3,(H,21,26). The molecule has 2 heterocycles. The Kier molecular flexibility index (Phi) is 6.09. The molecule has 1 aromatic carbocycles. The maximum Gasteiger partial charge on any atom is 0.358 e. The lowest BCUT2D eigenvalue weighted by atomic mass is 10.2. The van der Waals surface area contributed by atoms with Gasteiger partial charge in [-0.15, -0.1) is 0 Å². The Morgan fingerprint density at radius 2 is 1.86 bits per heavy atom. The second-order valence-electron chi connectivity index (χ2n) is 5.94. The summed E-state index contributed by atoms with van der Waals surface area (Å²) in [6.07, 6.45) is 1.57. The lowest BCUT2D eigenvalue weighted by Crippen LogP contribution is -2.18. The van der Waals surface area contributed by atoms with Crippen LogP contribution in [0.25, 0.3) is 0 Å². The summed E-state index contributed by atoms with van der Waals surface area (Å²) in [5.74, 6) is -0.800. The Bertz CT molecular complexity index is 1060. The number of hydrogen-bond acceptors (Lipinski definition) is 6. The minimum atomic E-state index is -0.612. The van der Waals surface area contributed by atoms with Crippen molar-refractivity contribution in [3.63, 3.8) is 0 Å². The smallest absolute Gasteiger partial charge is 0.358 e. The van der Waals surface area contributed by atoms with Crippen molar-refractivity contribution < 1.29 is 19.1 Å². The van der Waals surface area contributed by atoms with E-state index in [2.05, 4.69) is 15.5 Å². The van der Waals surface area contributed by atoms with Crippen LogP contribution in [-0.2, 0) is 18.5 Å². The van der Waals surface area contributed by atoms with Crippen molar-refractivity contribution in [3.05, 3.63) is 57.6 Å². The van der Waals surface area contributed by atoms with Gasteiger partial charge < -0.3 is 14.8 Å². The Morgan fingerprint density at radius 3 is 2.52 bits per heavy atom. The molecule has 2 aromatic heterocycles. The molecule has 1 amide bonds. The zero-order chi connectivity index (χ0) is 21.1. The third-order valence-corrected chi connectivity index (χ3v) is 4.57. The van der Waals surface area contributed by atoms with Crippen LogP contribution in [0, 0.1) is 6.92 Å². The fourth-order valence-corrected chi connectivity index (χ4v) is 3.13. The number of rotatable bonds is 6. The van der Waals surface area contributed by atoms with Gasteiger partial charge in [0.05, 0.1) is 28.5 Å². The van der Waals surface area contributed by atoms with Gasteiger partial charge in [-0.05, 0) is 25.1 Å². The van der Waals surface area contributed by atoms with E-state index in [0.29, 0.717) is 21.5 Å². The summed E-state index contributed by atoms with van der Waals surface area (Å²) in [5, 5.41) is 11.7. The number of halogens is 2. The van der Waals surface area contributed by atoms with Crippen LogP contribution in [0.2, 0.25) is 10.0 Å². The number of aromatic nitrogens is 4. The first-order chi connectivity index (χ1) is 13.8. The summed E-state index contributed by atoms with van der Waals surface area (Å²) < 4.78 is 13.1. The molecule has 0 unspecified atom stereocenters. The fourth-order valence-electron chi connectivity index (χ4n) is 2.62. The predicted molar refractivity (Wildman–Crippen MR) is 107 cm³/mol. The Labute approximate surface area is 176 Å². The van der Waals surface area contributed by atoms with E-state index in [1.54, 1.807) is 38.4 Å². The number of esters is 1. The maximum absolute atomic E-state index is 12.6. The number of anilines is 1. The normalized spacial score (nSPS) is 10.7. The minimum Gasteiger partial charge on any atom is -0.468 e. The molecule has 3 rings (SSSR count). The van der Waals surface area contributed by atoms with Crippen LogP contribution in [-0.4, -0.2) is 38.5 Å². The van der Waals surface area contributed by atoms with Gasteiger partial charge in [-0.1, -0.05) is 29.3 Å². The Morgan fingerprint density at radius 1 is 1.17 bits per heavy atom. The molecule has 0 atom stereocenters. The highest BCUT2D eigenvalue weighted by atomic mass is 35.5. The molecule has 0 saturated carbocycles. The summed E-state index contributed by atoms with van der Waals surface area (Å²) in [5.41, 5.74) is 0.989. The molecule has 0 spiro atoms. The molecule has 1 N–H and O–H groups in total. The predicted octanol–water partition coefficient (Wildman–Crippen LogP) is 3.31. The Balaban J connectivity index is 1.73. The molecule has 0 saturated heterocycles. The monoisotopic (exact) mass is 437 g/mol. The molecular formula is C18H17Cl2N5O4. The molecule has 0 bridgehead atoms. The highest BCUT2D eigenvalue weighted by molar-refractivity contribution is 6.37. The van der Waals surface area contributed by atoms with Crippen LogP contribution in [0.3, 0.4) is 0 Å². The number of para-hydroxylation sites is 1. The number of aryl methyl sites for hydroxylation is 2. The summed E-state index contributed by atoms with van der Waals surface area (Å²) in [6, 6.07) is 6.52. The zero-order valence-electron chi connectivity index (χ0n) is 15.8. The number of carbonyl (C=O) groups is 2. The van der Waals surface area contributed by atoms with Gasteiger partial charge in [0, 0.05) is 13.2 Å². The van der Waals surface area contributed by atoms with E-state index < -0.39 is 11.9 Å². The average Bonchev–Trinajstić information content (AvgIpc) is 3.25. The molecule has 0 radical (unpaired) electrons. The van der Waals surface area contributed by atoms with Gasteiger partial charge in [0.1, 0.15) is 0 Å². The van der Waals surface area contributed by atoms with Crippen LogP contribution < -0.4 is 10.1 Å². The van der Waals surface area contributed by atoms with Crippen molar-refractivity contribution in [2.75, 3.05) is 12.4 Å². The van der Waals surface area contributed by atoms with Gasteiger partial charge in [-0.2, -0.15) is 10.2 Å². The van der Waals surface area contributed by atoms with E-state index in [0.717, 1.165) is 0 Å². The average molecular weight is 438 g/mol. The van der Waals surface area contributed by atoms with E-state index >= 15 is 0 Å². The van der Waals surface area contributed by atoms with E-state index in [4.69, 9.17) is 32.7 Å². The van der Waals surface area contributed by atoms with Crippen molar-refractivity contribution in [2.24, 2.45) is 7.05 Å². The van der Waals surface area contributed by atoms with Gasteiger partial charge >= 0.3 is 5.97 Å². The fraction of sp³-hybridized carbons (Fsp3) is 0.222. The molecule has 0 aliphatic carbocycles. The molecule has 3 aromatic rings. The second-order valence-corrected chi connectivity index (χ2v) is 6.76. The van der Waals surface area contributed by atoms with Crippen molar-refractivity contribution >= 4 is 40.8 Å². The number of nitrogens with one attached hydrogen (secondary N) is 1. The van der Waals surface area contributed by atoms with E-state index in [-0.39, 0.29) is 23.8 Å². The molecule has 0 fully saturated rings. The molecule has 29 heavy (non-hydrogen) atoms. The van der Waals surface area contributed by atoms with Gasteiger partial charge in [0.2, 0.25) is 0 Å². The first-order valence-electron chi connectivity index (χ1n) is 8.35. The minimum absolute atomic E-state index is 0.00390. The number of nitrogens with zero attached hydrogens (tertiary/aromatic N) is 4. The van der Waals surface area contributed by atoms with Crippen molar-refractivity contribution in [2.45, 2.75) is 13.7 Å². The van der Waals surface area contributed by atoms with Crippen molar-refractivity contribution in [3.8, 4) is 5.75 Å². The first-order valence-corrected chi connectivity index (χ1v) is 9.11. The molecule has 152 valence electrons. The first kappa shape index (κ1) is 20.7. The largest absolute Gasteiger partial charge is 0.468 e. The second kappa shape index (κ2) is 8.54. The lowest BCUT2D eigenvalue weighted by Gasteiger charge is -2.09. The van der Waals surface area contributed by atoms with Crippen LogP contribution in [0.5, 0.6) is 5.75 Å². The Hall–Kier alpha value is -3.04. The van der Waals surface area contributed by atoms with Gasteiger partial charge in [0.15, 0.2) is 23.9 Å². The summed E-state index contributed by atoms with van der Waals surface area (Å²) in [7, 11) is 2.84. The SMILES string of the molecule is COC(=O)c1c(NC(=O)c2ccn(COc3c(Cl)cccc3Cl)n2)c(C)nn1C. The van der Waals surface area contributed by atoms with Crippen LogP contribution in [0.1, 0.15) is 26.7 Å². The molecule has 9 nitrogen and oxygen atoms in total. The molecule has 11 heteroatoms. The number of ether oxygens (including phenoxy) is 2. The van der Waals surface area contributed by atoms with Gasteiger partial charge in [-0.25, -0.2) is 9.48 Å². The molecular weight excluding hydrogens is 421 g/mol.